The number of aliphatic hydroxyl groups excluding tert-OH is 1. The normalized spacial score (nSPS) is 16.4. The number of fused-ring (bicyclic) bond motifs is 1. The van der Waals surface area contributed by atoms with Crippen molar-refractivity contribution in [2.75, 3.05) is 20.3 Å². The molecule has 1 aromatic heterocycles. The highest BCUT2D eigenvalue weighted by molar-refractivity contribution is 5.99. The maximum absolute atomic E-state index is 12.8. The van der Waals surface area contributed by atoms with Crippen molar-refractivity contribution in [1.82, 2.24) is 9.88 Å². The summed E-state index contributed by atoms with van der Waals surface area (Å²) in [6.45, 7) is 0.508. The molecule has 5 nitrogen and oxygen atoms in total. The van der Waals surface area contributed by atoms with E-state index in [0.29, 0.717) is 40.0 Å². The summed E-state index contributed by atoms with van der Waals surface area (Å²) in [7, 11) is 1.50. The number of rotatable bonds is 4. The highest BCUT2D eigenvalue weighted by Crippen LogP contribution is 2.34. The number of ether oxygens (including phenoxy) is 1. The number of hydrogen-bond donors (Lipinski definition) is 1. The third-order valence-corrected chi connectivity index (χ3v) is 5.36. The predicted molar refractivity (Wildman–Crippen MR) is 105 cm³/mol. The number of halogens is 3. The summed E-state index contributed by atoms with van der Waals surface area (Å²) in [5.41, 5.74) is 1.13. The molecule has 1 N–H and O–H groups in total. The van der Waals surface area contributed by atoms with Crippen molar-refractivity contribution in [3.8, 4) is 17.0 Å². The first kappa shape index (κ1) is 20.2. The van der Waals surface area contributed by atoms with Crippen molar-refractivity contribution >= 4 is 16.8 Å². The van der Waals surface area contributed by atoms with Crippen molar-refractivity contribution < 1.29 is 27.8 Å². The van der Waals surface area contributed by atoms with E-state index in [1.165, 1.54) is 19.2 Å². The van der Waals surface area contributed by atoms with Gasteiger partial charge in [-0.05, 0) is 36.8 Å². The quantitative estimate of drug-likeness (QED) is 0.695. The lowest BCUT2D eigenvalue weighted by Gasteiger charge is -2.39. The monoisotopic (exact) mass is 416 g/mol. The Morgan fingerprint density at radius 1 is 1.20 bits per heavy atom. The van der Waals surface area contributed by atoms with Gasteiger partial charge in [-0.2, -0.15) is 13.2 Å². The van der Waals surface area contributed by atoms with Crippen LogP contribution in [0.15, 0.2) is 48.5 Å². The van der Waals surface area contributed by atoms with Crippen LogP contribution in [-0.2, 0) is 6.18 Å². The lowest BCUT2D eigenvalue weighted by Crippen LogP contribution is -2.52. The van der Waals surface area contributed by atoms with Crippen molar-refractivity contribution in [2.24, 2.45) is 0 Å². The molecule has 1 atom stereocenters. The third-order valence-electron chi connectivity index (χ3n) is 5.36. The third kappa shape index (κ3) is 3.59. The molecule has 1 saturated heterocycles. The van der Waals surface area contributed by atoms with E-state index in [1.807, 2.05) is 0 Å². The van der Waals surface area contributed by atoms with Crippen LogP contribution >= 0.6 is 0 Å². The van der Waals surface area contributed by atoms with Gasteiger partial charge >= 0.3 is 6.18 Å². The van der Waals surface area contributed by atoms with E-state index in [-0.39, 0.29) is 18.6 Å². The Labute approximate surface area is 170 Å². The number of likely N-dealkylation sites (tertiary alicyclic amines) is 1. The SMILES string of the molecule is COc1cc(-c2ccc(C(F)(F)F)cc2)nc2cc(C(=O)N3CC[C@@H]3CO)ccc12. The summed E-state index contributed by atoms with van der Waals surface area (Å²) in [6.07, 6.45) is -3.65. The average Bonchev–Trinajstić information content (AvgIpc) is 2.71. The van der Waals surface area contributed by atoms with E-state index in [2.05, 4.69) is 4.98 Å². The van der Waals surface area contributed by atoms with Gasteiger partial charge in [0.1, 0.15) is 5.75 Å². The zero-order chi connectivity index (χ0) is 21.5. The van der Waals surface area contributed by atoms with Crippen molar-refractivity contribution in [3.05, 3.63) is 59.7 Å². The smallest absolute Gasteiger partial charge is 0.416 e. The van der Waals surface area contributed by atoms with E-state index in [0.717, 1.165) is 18.6 Å². The van der Waals surface area contributed by atoms with Gasteiger partial charge in [-0.1, -0.05) is 12.1 Å². The van der Waals surface area contributed by atoms with Gasteiger partial charge in [0.15, 0.2) is 0 Å². The largest absolute Gasteiger partial charge is 0.496 e. The number of carbonyl (C=O) groups is 1. The molecular formula is C22H19F3N2O3. The Hall–Kier alpha value is -3.13. The van der Waals surface area contributed by atoms with Gasteiger partial charge in [0.2, 0.25) is 0 Å². The number of alkyl halides is 3. The summed E-state index contributed by atoms with van der Waals surface area (Å²) in [6, 6.07) is 11.3. The molecule has 30 heavy (non-hydrogen) atoms. The van der Waals surface area contributed by atoms with Crippen LogP contribution < -0.4 is 4.74 Å². The number of pyridine rings is 1. The molecule has 2 aromatic carbocycles. The van der Waals surface area contributed by atoms with Gasteiger partial charge in [0.05, 0.1) is 36.5 Å². The predicted octanol–water partition coefficient (Wildman–Crippen LogP) is 4.14. The van der Waals surface area contributed by atoms with Gasteiger partial charge in [0.25, 0.3) is 5.91 Å². The first-order valence-electron chi connectivity index (χ1n) is 9.40. The molecule has 0 spiro atoms. The summed E-state index contributed by atoms with van der Waals surface area (Å²) >= 11 is 0. The molecule has 1 fully saturated rings. The van der Waals surface area contributed by atoms with Crippen LogP contribution in [0.25, 0.3) is 22.2 Å². The fourth-order valence-electron chi connectivity index (χ4n) is 3.54. The number of hydrogen-bond acceptors (Lipinski definition) is 4. The zero-order valence-electron chi connectivity index (χ0n) is 16.1. The van der Waals surface area contributed by atoms with Crippen molar-refractivity contribution in [3.63, 3.8) is 0 Å². The van der Waals surface area contributed by atoms with Crippen molar-refractivity contribution in [1.29, 1.82) is 0 Å². The lowest BCUT2D eigenvalue weighted by molar-refractivity contribution is -0.137. The number of aliphatic hydroxyl groups is 1. The first-order valence-corrected chi connectivity index (χ1v) is 9.40. The van der Waals surface area contributed by atoms with Crippen LogP contribution in [0.4, 0.5) is 13.2 Å². The van der Waals surface area contributed by atoms with Crippen LogP contribution in [0.5, 0.6) is 5.75 Å². The Kier molecular flexibility index (Phi) is 5.11. The van der Waals surface area contributed by atoms with Crippen LogP contribution in [0.2, 0.25) is 0 Å². The molecule has 8 heteroatoms. The molecule has 0 aliphatic carbocycles. The summed E-state index contributed by atoms with van der Waals surface area (Å²) < 4.78 is 43.9. The van der Waals surface area contributed by atoms with Gasteiger partial charge < -0.3 is 14.7 Å². The molecule has 4 rings (SSSR count). The second-order valence-corrected chi connectivity index (χ2v) is 7.14. The molecule has 156 valence electrons. The molecular weight excluding hydrogens is 397 g/mol. The van der Waals surface area contributed by atoms with E-state index < -0.39 is 11.7 Å². The number of carbonyl (C=O) groups excluding carboxylic acids is 1. The van der Waals surface area contributed by atoms with Crippen LogP contribution in [-0.4, -0.2) is 47.2 Å². The maximum Gasteiger partial charge on any atom is 0.416 e. The van der Waals surface area contributed by atoms with Crippen LogP contribution in [0.3, 0.4) is 0 Å². The topological polar surface area (TPSA) is 62.7 Å². The van der Waals surface area contributed by atoms with E-state index in [4.69, 9.17) is 4.74 Å². The molecule has 0 saturated carbocycles. The lowest BCUT2D eigenvalue weighted by atomic mass is 10.0. The minimum Gasteiger partial charge on any atom is -0.496 e. The fourth-order valence-corrected chi connectivity index (χ4v) is 3.54. The summed E-state index contributed by atoms with van der Waals surface area (Å²) in [5, 5.41) is 10.0. The molecule has 1 aliphatic rings. The molecule has 2 heterocycles. The zero-order valence-corrected chi connectivity index (χ0v) is 16.1. The highest BCUT2D eigenvalue weighted by atomic mass is 19.4. The fraction of sp³-hybridized carbons (Fsp3) is 0.273. The molecule has 3 aromatic rings. The van der Waals surface area contributed by atoms with Gasteiger partial charge in [-0.15, -0.1) is 0 Å². The van der Waals surface area contributed by atoms with Gasteiger partial charge in [0, 0.05) is 29.1 Å². The summed E-state index contributed by atoms with van der Waals surface area (Å²) in [5.74, 6) is 0.314. The average molecular weight is 416 g/mol. The Balaban J connectivity index is 1.74. The first-order chi connectivity index (χ1) is 14.3. The number of amides is 1. The number of benzene rings is 2. The van der Waals surface area contributed by atoms with Crippen LogP contribution in [0.1, 0.15) is 22.3 Å². The molecule has 0 bridgehead atoms. The molecule has 0 unspecified atom stereocenters. The highest BCUT2D eigenvalue weighted by Gasteiger charge is 2.32. The minimum atomic E-state index is -4.41. The molecule has 1 amide bonds. The Morgan fingerprint density at radius 2 is 1.93 bits per heavy atom. The number of nitrogens with zero attached hydrogens (tertiary/aromatic N) is 2. The van der Waals surface area contributed by atoms with Gasteiger partial charge in [-0.25, -0.2) is 4.98 Å². The Bertz CT molecular complexity index is 1100. The van der Waals surface area contributed by atoms with Gasteiger partial charge in [-0.3, -0.25) is 4.79 Å². The second kappa shape index (κ2) is 7.60. The Morgan fingerprint density at radius 3 is 2.50 bits per heavy atom. The molecule has 1 aliphatic heterocycles. The van der Waals surface area contributed by atoms with Crippen LogP contribution in [0, 0.1) is 0 Å². The maximum atomic E-state index is 12.8. The number of methoxy groups -OCH3 is 1. The summed E-state index contributed by atoms with van der Waals surface area (Å²) in [4.78, 5) is 18.9. The molecule has 0 radical (unpaired) electrons. The van der Waals surface area contributed by atoms with Crippen molar-refractivity contribution in [2.45, 2.75) is 18.6 Å². The van der Waals surface area contributed by atoms with E-state index in [9.17, 15) is 23.1 Å². The standard InChI is InChI=1S/C22H19F3N2O3/c1-30-20-11-18(13-2-5-15(6-3-13)22(23,24)25)26-19-10-14(4-7-17(19)20)21(29)27-9-8-16(27)12-28/h2-7,10-11,16,28H,8-9,12H2,1H3/t16-/m1/s1. The number of aromatic nitrogens is 1. The van der Waals surface area contributed by atoms with E-state index in [1.54, 1.807) is 29.2 Å². The van der Waals surface area contributed by atoms with E-state index >= 15 is 0 Å². The second-order valence-electron chi connectivity index (χ2n) is 7.14. The minimum absolute atomic E-state index is 0.0799.